The van der Waals surface area contributed by atoms with Crippen molar-refractivity contribution in [3.05, 3.63) is 71.9 Å². The Balaban J connectivity index is 0.00000192. The van der Waals surface area contributed by atoms with E-state index in [4.69, 9.17) is 5.11 Å². The molecule has 0 saturated carbocycles. The van der Waals surface area contributed by atoms with Gasteiger partial charge in [0, 0.05) is 17.1 Å². The molecule has 1 heterocycles. The van der Waals surface area contributed by atoms with Crippen LogP contribution in [0, 0.1) is 0 Å². The Morgan fingerprint density at radius 1 is 1.09 bits per heavy atom. The van der Waals surface area contributed by atoms with Gasteiger partial charge in [-0.25, -0.2) is 4.79 Å². The predicted octanol–water partition coefficient (Wildman–Crippen LogP) is 0.383. The average molecular weight is 327 g/mol. The van der Waals surface area contributed by atoms with E-state index < -0.39 is 5.97 Å². The van der Waals surface area contributed by atoms with Crippen molar-refractivity contribution in [2.24, 2.45) is 5.10 Å². The minimum atomic E-state index is -0.993. The molecule has 0 atom stereocenters. The number of anilines is 1. The van der Waals surface area contributed by atoms with Crippen LogP contribution in [0.5, 0.6) is 0 Å². The Morgan fingerprint density at radius 2 is 1.83 bits per heavy atom. The Morgan fingerprint density at radius 3 is 2.65 bits per heavy atom. The fourth-order valence-corrected chi connectivity index (χ4v) is 2.17. The molecule has 0 bridgehead atoms. The summed E-state index contributed by atoms with van der Waals surface area (Å²) in [5, 5.41) is 14.3. The first kappa shape index (κ1) is 16.5. The average Bonchev–Trinajstić information content (AvgIpc) is 2.55. The van der Waals surface area contributed by atoms with Gasteiger partial charge in [-0.2, -0.15) is 5.10 Å². The van der Waals surface area contributed by atoms with Crippen molar-refractivity contribution in [2.75, 3.05) is 5.43 Å². The van der Waals surface area contributed by atoms with Crippen LogP contribution in [-0.4, -0.2) is 22.3 Å². The number of hydrogen-bond donors (Lipinski definition) is 2. The molecule has 0 fully saturated rings. The Kier molecular flexibility index (Phi) is 5.28. The van der Waals surface area contributed by atoms with Crippen LogP contribution in [0.4, 0.5) is 5.69 Å². The Hall–Kier alpha value is -2.92. The Labute approximate surface area is 139 Å². The zero-order chi connectivity index (χ0) is 15.4. The second kappa shape index (κ2) is 7.38. The molecule has 23 heavy (non-hydrogen) atoms. The molecule has 0 radical (unpaired) electrons. The molecule has 0 aliphatic carbocycles. The van der Waals surface area contributed by atoms with Gasteiger partial charge in [-0.15, -0.1) is 0 Å². The summed E-state index contributed by atoms with van der Waals surface area (Å²) in [4.78, 5) is 15.4. The molecule has 0 aliphatic heterocycles. The van der Waals surface area contributed by atoms with Gasteiger partial charge in [0.1, 0.15) is 0 Å². The molecule has 0 spiro atoms. The van der Waals surface area contributed by atoms with E-state index in [1.807, 2.05) is 30.3 Å². The molecule has 5 nitrogen and oxygen atoms in total. The fraction of sp³-hybridized carbons (Fsp3) is 0. The van der Waals surface area contributed by atoms with Gasteiger partial charge in [-0.05, 0) is 24.3 Å². The van der Waals surface area contributed by atoms with Gasteiger partial charge in [0.25, 0.3) is 0 Å². The van der Waals surface area contributed by atoms with Crippen LogP contribution in [0.3, 0.4) is 0 Å². The summed E-state index contributed by atoms with van der Waals surface area (Å²) >= 11 is 0. The molecule has 0 aliphatic rings. The van der Waals surface area contributed by atoms with Crippen LogP contribution >= 0.6 is 0 Å². The minimum Gasteiger partial charge on any atom is -1.00 e. The maximum Gasteiger partial charge on any atom is 0.337 e. The highest BCUT2D eigenvalue weighted by Crippen LogP contribution is 2.16. The number of nitrogens with zero attached hydrogens (tertiary/aromatic N) is 2. The molecule has 0 amide bonds. The lowest BCUT2D eigenvalue weighted by Gasteiger charge is -2.04. The largest absolute Gasteiger partial charge is 1.00 e. The van der Waals surface area contributed by atoms with E-state index in [-0.39, 0.29) is 18.0 Å². The summed E-state index contributed by atoms with van der Waals surface area (Å²) in [6.07, 6.45) is 3.37. The summed E-state index contributed by atoms with van der Waals surface area (Å²) < 4.78 is 0. The second-order valence-corrected chi connectivity index (χ2v) is 4.64. The monoisotopic (exact) mass is 326 g/mol. The molecular formula is C17H13ClN3O2-. The number of fused-ring (bicyclic) bond motifs is 1. The number of hydrazone groups is 1. The van der Waals surface area contributed by atoms with Crippen LogP contribution in [0.1, 0.15) is 15.9 Å². The lowest BCUT2D eigenvalue weighted by atomic mass is 10.1. The van der Waals surface area contributed by atoms with E-state index in [0.717, 1.165) is 16.5 Å². The minimum absolute atomic E-state index is 0. The molecule has 6 heteroatoms. The first-order chi connectivity index (χ1) is 10.8. The van der Waals surface area contributed by atoms with Gasteiger partial charge < -0.3 is 17.5 Å². The Bertz CT molecular complexity index is 860. The van der Waals surface area contributed by atoms with Gasteiger partial charge in [0.2, 0.25) is 0 Å². The van der Waals surface area contributed by atoms with Crippen molar-refractivity contribution in [1.29, 1.82) is 0 Å². The van der Waals surface area contributed by atoms with Gasteiger partial charge in [-0.3, -0.25) is 10.4 Å². The smallest absolute Gasteiger partial charge is 0.337 e. The van der Waals surface area contributed by atoms with E-state index >= 15 is 0 Å². The maximum atomic E-state index is 11.1. The number of carboxylic acids is 1. The maximum absolute atomic E-state index is 11.1. The molecule has 3 rings (SSSR count). The molecular weight excluding hydrogens is 314 g/mol. The standard InChI is InChI=1S/C17H13N3O2.ClH/c21-17(22)14-6-2-4-8-16(14)20-19-11-12-9-10-18-15-7-3-1-5-13(12)15;/h1-11,20H,(H,21,22);1H/p-1. The summed E-state index contributed by atoms with van der Waals surface area (Å²) in [5.41, 5.74) is 5.20. The third kappa shape index (κ3) is 3.64. The van der Waals surface area contributed by atoms with Crippen molar-refractivity contribution in [1.82, 2.24) is 4.98 Å². The summed E-state index contributed by atoms with van der Waals surface area (Å²) in [6, 6.07) is 16.3. The highest BCUT2D eigenvalue weighted by molar-refractivity contribution is 5.98. The first-order valence-electron chi connectivity index (χ1n) is 6.71. The SMILES string of the molecule is O=C(O)c1ccccc1NN=Cc1ccnc2ccccc12.[Cl-]. The molecule has 1 aromatic heterocycles. The summed E-state index contributed by atoms with van der Waals surface area (Å²) in [6.45, 7) is 0. The molecule has 116 valence electrons. The van der Waals surface area contributed by atoms with E-state index in [1.54, 1.807) is 30.6 Å². The van der Waals surface area contributed by atoms with Crippen LogP contribution in [0.2, 0.25) is 0 Å². The van der Waals surface area contributed by atoms with Crippen LogP contribution < -0.4 is 17.8 Å². The quantitative estimate of drug-likeness (QED) is 0.537. The van der Waals surface area contributed by atoms with Gasteiger partial charge in [-0.1, -0.05) is 30.3 Å². The van der Waals surface area contributed by atoms with E-state index in [1.165, 1.54) is 6.07 Å². The number of rotatable bonds is 4. The molecule has 3 aromatic rings. The second-order valence-electron chi connectivity index (χ2n) is 4.64. The number of carbonyl (C=O) groups is 1. The number of benzene rings is 2. The number of para-hydroxylation sites is 2. The normalized spacial score (nSPS) is 10.4. The summed E-state index contributed by atoms with van der Waals surface area (Å²) in [7, 11) is 0. The molecule has 0 unspecified atom stereocenters. The topological polar surface area (TPSA) is 74.6 Å². The predicted molar refractivity (Wildman–Crippen MR) is 86.4 cm³/mol. The molecule has 0 saturated heterocycles. The lowest BCUT2D eigenvalue weighted by Crippen LogP contribution is -3.00. The van der Waals surface area contributed by atoms with Crippen molar-refractivity contribution < 1.29 is 22.3 Å². The number of halogens is 1. The lowest BCUT2D eigenvalue weighted by molar-refractivity contribution is -0.0000200. The van der Waals surface area contributed by atoms with Gasteiger partial charge in [0.15, 0.2) is 0 Å². The van der Waals surface area contributed by atoms with E-state index in [2.05, 4.69) is 15.5 Å². The number of aromatic carboxylic acids is 1. The van der Waals surface area contributed by atoms with E-state index in [0.29, 0.717) is 5.69 Å². The zero-order valence-electron chi connectivity index (χ0n) is 12.0. The van der Waals surface area contributed by atoms with Crippen LogP contribution in [0.25, 0.3) is 10.9 Å². The third-order valence-electron chi connectivity index (χ3n) is 3.23. The fourth-order valence-electron chi connectivity index (χ4n) is 2.17. The summed E-state index contributed by atoms with van der Waals surface area (Å²) in [5.74, 6) is -0.993. The zero-order valence-corrected chi connectivity index (χ0v) is 12.7. The van der Waals surface area contributed by atoms with Crippen molar-refractivity contribution in [2.45, 2.75) is 0 Å². The van der Waals surface area contributed by atoms with Crippen LogP contribution in [-0.2, 0) is 0 Å². The molecule has 2 aromatic carbocycles. The van der Waals surface area contributed by atoms with Crippen molar-refractivity contribution >= 4 is 28.8 Å². The van der Waals surface area contributed by atoms with Crippen molar-refractivity contribution in [3.8, 4) is 0 Å². The van der Waals surface area contributed by atoms with Gasteiger partial charge >= 0.3 is 5.97 Å². The number of nitrogens with one attached hydrogen (secondary N) is 1. The van der Waals surface area contributed by atoms with Crippen molar-refractivity contribution in [3.63, 3.8) is 0 Å². The molecule has 2 N–H and O–H groups in total. The first-order valence-corrected chi connectivity index (χ1v) is 6.71. The van der Waals surface area contributed by atoms with E-state index in [9.17, 15) is 4.79 Å². The number of hydrogen-bond acceptors (Lipinski definition) is 4. The highest BCUT2D eigenvalue weighted by atomic mass is 35.5. The highest BCUT2D eigenvalue weighted by Gasteiger charge is 2.07. The number of pyridine rings is 1. The third-order valence-corrected chi connectivity index (χ3v) is 3.23. The van der Waals surface area contributed by atoms with Gasteiger partial charge in [0.05, 0.1) is 23.0 Å². The number of carboxylic acid groups (broad SMARTS) is 1. The van der Waals surface area contributed by atoms with Crippen LogP contribution in [0.15, 0.2) is 65.9 Å². The number of aromatic nitrogens is 1.